The maximum absolute atomic E-state index is 12.6. The number of alkyl halides is 3. The Hall–Kier alpha value is -4.06. The predicted octanol–water partition coefficient (Wildman–Crippen LogP) is 4.34. The van der Waals surface area contributed by atoms with Gasteiger partial charge in [-0.05, 0) is 42.5 Å². The minimum atomic E-state index is -4.71. The lowest BCUT2D eigenvalue weighted by Gasteiger charge is -2.07. The van der Waals surface area contributed by atoms with Crippen LogP contribution in [-0.2, 0) is 10.9 Å². The van der Waals surface area contributed by atoms with E-state index in [9.17, 15) is 18.0 Å². The van der Waals surface area contributed by atoms with Crippen molar-refractivity contribution in [3.63, 3.8) is 0 Å². The molecule has 9 nitrogen and oxygen atoms in total. The molecule has 1 amide bonds. The summed E-state index contributed by atoms with van der Waals surface area (Å²) in [6.07, 6.45) is -4.71. The van der Waals surface area contributed by atoms with E-state index < -0.39 is 18.0 Å². The molecule has 0 atom stereocenters. The van der Waals surface area contributed by atoms with Crippen molar-refractivity contribution in [3.8, 4) is 22.9 Å². The van der Waals surface area contributed by atoms with Crippen LogP contribution >= 0.6 is 0 Å². The lowest BCUT2D eigenvalue weighted by molar-refractivity contribution is -0.159. The fourth-order valence-corrected chi connectivity index (χ4v) is 3.03. The molecule has 0 aliphatic heterocycles. The van der Waals surface area contributed by atoms with E-state index in [1.165, 1.54) is 12.1 Å². The van der Waals surface area contributed by atoms with E-state index in [4.69, 9.17) is 18.6 Å². The van der Waals surface area contributed by atoms with E-state index in [1.807, 2.05) is 0 Å². The summed E-state index contributed by atoms with van der Waals surface area (Å²) in [5, 5.41) is 6.78. The van der Waals surface area contributed by atoms with Crippen molar-refractivity contribution in [1.29, 1.82) is 0 Å². The van der Waals surface area contributed by atoms with E-state index in [0.717, 1.165) is 5.39 Å². The number of ether oxygens (including phenoxy) is 3. The molecule has 0 fully saturated rings. The third-order valence-corrected chi connectivity index (χ3v) is 4.71. The molecule has 4 aromatic rings. The maximum Gasteiger partial charge on any atom is 0.471 e. The van der Waals surface area contributed by atoms with Crippen molar-refractivity contribution < 1.29 is 41.1 Å². The lowest BCUT2D eigenvalue weighted by Crippen LogP contribution is -2.27. The Balaban J connectivity index is 1.26. The molecule has 0 radical (unpaired) electrons. The normalized spacial score (nSPS) is 11.5. The van der Waals surface area contributed by atoms with Crippen LogP contribution in [0.5, 0.6) is 11.5 Å². The average Bonchev–Trinajstić information content (AvgIpc) is 3.50. The van der Waals surface area contributed by atoms with E-state index in [1.54, 1.807) is 43.5 Å². The Morgan fingerprint density at radius 1 is 1.00 bits per heavy atom. The number of fused-ring (bicyclic) bond motifs is 1. The summed E-state index contributed by atoms with van der Waals surface area (Å²) in [5.41, 5.74) is 0.854. The molecule has 184 valence electrons. The Morgan fingerprint density at radius 2 is 1.74 bits per heavy atom. The van der Waals surface area contributed by atoms with Crippen molar-refractivity contribution in [2.75, 3.05) is 33.5 Å². The zero-order valence-corrected chi connectivity index (χ0v) is 18.4. The van der Waals surface area contributed by atoms with Crippen LogP contribution in [0.1, 0.15) is 16.4 Å². The molecular weight excluding hydrogens is 471 g/mol. The van der Waals surface area contributed by atoms with Gasteiger partial charge < -0.3 is 28.5 Å². The largest absolute Gasteiger partial charge is 0.492 e. The molecule has 2 aromatic carbocycles. The second-order valence-electron chi connectivity index (χ2n) is 7.20. The second-order valence-corrected chi connectivity index (χ2v) is 7.20. The molecule has 0 saturated carbocycles. The highest BCUT2D eigenvalue weighted by Crippen LogP contribution is 2.30. The van der Waals surface area contributed by atoms with Crippen LogP contribution in [0.2, 0.25) is 0 Å². The van der Waals surface area contributed by atoms with Gasteiger partial charge >= 0.3 is 12.1 Å². The molecule has 1 N–H and O–H groups in total. The highest BCUT2D eigenvalue weighted by molar-refractivity contribution is 5.96. The number of benzene rings is 2. The van der Waals surface area contributed by atoms with E-state index in [0.29, 0.717) is 35.9 Å². The Labute approximate surface area is 196 Å². The summed E-state index contributed by atoms with van der Waals surface area (Å²) in [5.74, 6) is -0.793. The van der Waals surface area contributed by atoms with Crippen molar-refractivity contribution in [2.24, 2.45) is 0 Å². The molecule has 0 bridgehead atoms. The highest BCUT2D eigenvalue weighted by Gasteiger charge is 2.38. The van der Waals surface area contributed by atoms with Gasteiger partial charge in [0, 0.05) is 24.1 Å². The zero-order chi connectivity index (χ0) is 24.8. The summed E-state index contributed by atoms with van der Waals surface area (Å²) in [7, 11) is 1.58. The SMILES string of the molecule is COCCOc1ccc2cc(C(=O)NCCOc3ccc(-c4noc(C(F)(F)F)n4)cc3)oc2c1. The first-order chi connectivity index (χ1) is 16.8. The number of rotatable bonds is 10. The minimum Gasteiger partial charge on any atom is -0.492 e. The standard InChI is InChI=1S/C23H20F3N3O6/c1-31-10-11-33-17-7-4-15-12-19(34-18(15)13-17)21(30)27-8-9-32-16-5-2-14(3-6-16)20-28-22(35-29-20)23(24,25)26/h2-7,12-13H,8-11H2,1H3,(H,27,30). The molecule has 4 rings (SSSR count). The molecule has 35 heavy (non-hydrogen) atoms. The average molecular weight is 491 g/mol. The molecule has 0 unspecified atom stereocenters. The molecule has 2 heterocycles. The summed E-state index contributed by atoms with van der Waals surface area (Å²) in [6.45, 7) is 1.21. The molecule has 0 aliphatic rings. The Bertz CT molecular complexity index is 1280. The van der Waals surface area contributed by atoms with Crippen molar-refractivity contribution >= 4 is 16.9 Å². The maximum atomic E-state index is 12.6. The number of carbonyl (C=O) groups is 1. The molecule has 2 aromatic heterocycles. The number of furan rings is 1. The molecular formula is C23H20F3N3O6. The number of methoxy groups -OCH3 is 1. The number of hydrogen-bond acceptors (Lipinski definition) is 8. The number of carbonyl (C=O) groups excluding carboxylic acids is 1. The molecule has 0 aliphatic carbocycles. The van der Waals surface area contributed by atoms with Crippen LogP contribution in [0.3, 0.4) is 0 Å². The van der Waals surface area contributed by atoms with Crippen LogP contribution in [0.4, 0.5) is 13.2 Å². The Morgan fingerprint density at radius 3 is 2.46 bits per heavy atom. The van der Waals surface area contributed by atoms with Gasteiger partial charge in [-0.15, -0.1) is 0 Å². The Kier molecular flexibility index (Phi) is 7.20. The third kappa shape index (κ3) is 6.09. The minimum absolute atomic E-state index is 0.150. The van der Waals surface area contributed by atoms with Gasteiger partial charge in [-0.1, -0.05) is 5.16 Å². The number of amides is 1. The van der Waals surface area contributed by atoms with Crippen molar-refractivity contribution in [3.05, 3.63) is 60.2 Å². The van der Waals surface area contributed by atoms with Gasteiger partial charge in [0.25, 0.3) is 5.91 Å². The molecule has 12 heteroatoms. The number of hydrogen-bond donors (Lipinski definition) is 1. The third-order valence-electron chi connectivity index (χ3n) is 4.71. The predicted molar refractivity (Wildman–Crippen MR) is 116 cm³/mol. The van der Waals surface area contributed by atoms with Gasteiger partial charge in [-0.25, -0.2) is 0 Å². The van der Waals surface area contributed by atoms with E-state index >= 15 is 0 Å². The quantitative estimate of drug-likeness (QED) is 0.327. The lowest BCUT2D eigenvalue weighted by atomic mass is 10.2. The van der Waals surface area contributed by atoms with Crippen LogP contribution in [0, 0.1) is 0 Å². The smallest absolute Gasteiger partial charge is 0.471 e. The number of nitrogens with one attached hydrogen (secondary N) is 1. The van der Waals surface area contributed by atoms with Crippen LogP contribution in [0.25, 0.3) is 22.4 Å². The van der Waals surface area contributed by atoms with Crippen LogP contribution in [-0.4, -0.2) is 49.5 Å². The topological polar surface area (TPSA) is 109 Å². The second kappa shape index (κ2) is 10.5. The van der Waals surface area contributed by atoms with Crippen LogP contribution < -0.4 is 14.8 Å². The summed E-state index contributed by atoms with van der Waals surface area (Å²) in [6, 6.07) is 13.0. The van der Waals surface area contributed by atoms with Gasteiger partial charge in [0.15, 0.2) is 5.76 Å². The fraction of sp³-hybridized carbons (Fsp3) is 0.261. The summed E-state index contributed by atoms with van der Waals surface area (Å²) in [4.78, 5) is 15.7. The number of halogens is 3. The first-order valence-electron chi connectivity index (χ1n) is 10.4. The highest BCUT2D eigenvalue weighted by atomic mass is 19.4. The summed E-state index contributed by atoms with van der Waals surface area (Å²) >= 11 is 0. The van der Waals surface area contributed by atoms with Gasteiger partial charge in [0.1, 0.15) is 30.3 Å². The summed E-state index contributed by atoms with van der Waals surface area (Å²) < 4.78 is 63.6. The van der Waals surface area contributed by atoms with Crippen LogP contribution in [0.15, 0.2) is 57.5 Å². The van der Waals surface area contributed by atoms with Crippen molar-refractivity contribution in [1.82, 2.24) is 15.5 Å². The monoisotopic (exact) mass is 491 g/mol. The van der Waals surface area contributed by atoms with Crippen molar-refractivity contribution in [2.45, 2.75) is 6.18 Å². The van der Waals surface area contributed by atoms with E-state index in [2.05, 4.69) is 20.0 Å². The first kappa shape index (κ1) is 24.1. The van der Waals surface area contributed by atoms with Gasteiger partial charge in [-0.3, -0.25) is 4.79 Å². The number of aromatic nitrogens is 2. The fourth-order valence-electron chi connectivity index (χ4n) is 3.03. The van der Waals surface area contributed by atoms with E-state index in [-0.39, 0.29) is 24.7 Å². The van der Waals surface area contributed by atoms with Gasteiger partial charge in [0.05, 0.1) is 13.2 Å². The molecule has 0 spiro atoms. The zero-order valence-electron chi connectivity index (χ0n) is 18.4. The van der Waals surface area contributed by atoms with Gasteiger partial charge in [-0.2, -0.15) is 18.2 Å². The molecule has 0 saturated heterocycles. The van der Waals surface area contributed by atoms with Gasteiger partial charge in [0.2, 0.25) is 5.82 Å². The first-order valence-corrected chi connectivity index (χ1v) is 10.4. The number of nitrogens with zero attached hydrogens (tertiary/aromatic N) is 2.